The summed E-state index contributed by atoms with van der Waals surface area (Å²) in [4.78, 5) is 3.18. The summed E-state index contributed by atoms with van der Waals surface area (Å²) in [7, 11) is 0. The van der Waals surface area contributed by atoms with Gasteiger partial charge in [-0.25, -0.2) is 0 Å². The highest BCUT2D eigenvalue weighted by molar-refractivity contribution is 7.71. The molecule has 5 heteroatoms. The SMILES string of the molecule is CC(C)c1cccc(-n2c(=S)[nH]c3cc(Cl)c(Cl)cc32)c1. The lowest BCUT2D eigenvalue weighted by molar-refractivity contribution is 0.863. The van der Waals surface area contributed by atoms with Crippen LogP contribution in [0.2, 0.25) is 10.0 Å². The van der Waals surface area contributed by atoms with Crippen molar-refractivity contribution in [1.29, 1.82) is 0 Å². The van der Waals surface area contributed by atoms with E-state index in [0.29, 0.717) is 20.7 Å². The Kier molecular flexibility index (Phi) is 3.82. The van der Waals surface area contributed by atoms with Crippen molar-refractivity contribution in [2.75, 3.05) is 0 Å². The van der Waals surface area contributed by atoms with Crippen LogP contribution >= 0.6 is 35.4 Å². The van der Waals surface area contributed by atoms with Gasteiger partial charge in [-0.05, 0) is 48.0 Å². The molecule has 0 fully saturated rings. The Balaban J connectivity index is 2.30. The molecule has 2 nitrogen and oxygen atoms in total. The van der Waals surface area contributed by atoms with Crippen molar-refractivity contribution in [2.45, 2.75) is 19.8 Å². The van der Waals surface area contributed by atoms with Crippen LogP contribution < -0.4 is 0 Å². The summed E-state index contributed by atoms with van der Waals surface area (Å²) in [5.41, 5.74) is 4.10. The predicted octanol–water partition coefficient (Wildman–Crippen LogP) is 6.12. The molecular weight excluding hydrogens is 323 g/mol. The molecule has 108 valence electrons. The predicted molar refractivity (Wildman–Crippen MR) is 92.6 cm³/mol. The topological polar surface area (TPSA) is 20.7 Å². The van der Waals surface area contributed by atoms with Crippen LogP contribution in [0.1, 0.15) is 25.3 Å². The molecule has 0 spiro atoms. The van der Waals surface area contributed by atoms with Gasteiger partial charge in [0.1, 0.15) is 0 Å². The maximum absolute atomic E-state index is 6.14. The van der Waals surface area contributed by atoms with Gasteiger partial charge in [0, 0.05) is 5.69 Å². The molecule has 0 bridgehead atoms. The maximum atomic E-state index is 6.14. The van der Waals surface area contributed by atoms with Gasteiger partial charge in [0.25, 0.3) is 0 Å². The third-order valence-electron chi connectivity index (χ3n) is 3.52. The number of aromatic nitrogens is 2. The molecule has 0 unspecified atom stereocenters. The van der Waals surface area contributed by atoms with E-state index in [0.717, 1.165) is 16.7 Å². The van der Waals surface area contributed by atoms with Crippen molar-refractivity contribution in [3.8, 4) is 5.69 Å². The lowest BCUT2D eigenvalue weighted by Gasteiger charge is -2.10. The second kappa shape index (κ2) is 5.48. The molecule has 1 N–H and O–H groups in total. The van der Waals surface area contributed by atoms with E-state index >= 15 is 0 Å². The number of H-pyrrole nitrogens is 1. The van der Waals surface area contributed by atoms with Gasteiger partial charge < -0.3 is 4.98 Å². The van der Waals surface area contributed by atoms with Crippen LogP contribution in [0.3, 0.4) is 0 Å². The van der Waals surface area contributed by atoms with Crippen molar-refractivity contribution in [2.24, 2.45) is 0 Å². The van der Waals surface area contributed by atoms with Gasteiger partial charge in [0.15, 0.2) is 4.77 Å². The number of aromatic amines is 1. The standard InChI is InChI=1S/C16H14Cl2N2S/c1-9(2)10-4-3-5-11(6-10)20-15-8-13(18)12(17)7-14(15)19-16(20)21/h3-9H,1-2H3,(H,19,21). The fourth-order valence-electron chi connectivity index (χ4n) is 2.38. The maximum Gasteiger partial charge on any atom is 0.182 e. The van der Waals surface area contributed by atoms with Crippen LogP contribution in [0, 0.1) is 4.77 Å². The minimum Gasteiger partial charge on any atom is -0.330 e. The molecule has 0 aliphatic rings. The minimum absolute atomic E-state index is 0.461. The molecule has 0 saturated carbocycles. The first-order valence-electron chi connectivity index (χ1n) is 6.67. The molecule has 21 heavy (non-hydrogen) atoms. The van der Waals surface area contributed by atoms with Crippen molar-refractivity contribution in [1.82, 2.24) is 9.55 Å². The zero-order valence-corrected chi connectivity index (χ0v) is 14.0. The van der Waals surface area contributed by atoms with Crippen LogP contribution in [0.15, 0.2) is 36.4 Å². The smallest absolute Gasteiger partial charge is 0.182 e. The largest absolute Gasteiger partial charge is 0.330 e. The van der Waals surface area contributed by atoms with Crippen LogP contribution in [-0.4, -0.2) is 9.55 Å². The van der Waals surface area contributed by atoms with Gasteiger partial charge in [-0.15, -0.1) is 0 Å². The van der Waals surface area contributed by atoms with Crippen LogP contribution in [0.25, 0.3) is 16.7 Å². The van der Waals surface area contributed by atoms with Gasteiger partial charge in [-0.1, -0.05) is 49.2 Å². The number of imidazole rings is 1. The van der Waals surface area contributed by atoms with E-state index in [-0.39, 0.29) is 0 Å². The summed E-state index contributed by atoms with van der Waals surface area (Å²) >= 11 is 17.7. The van der Waals surface area contributed by atoms with Crippen LogP contribution in [-0.2, 0) is 0 Å². The number of benzene rings is 2. The zero-order chi connectivity index (χ0) is 15.1. The quantitative estimate of drug-likeness (QED) is 0.559. The molecule has 0 amide bonds. The summed E-state index contributed by atoms with van der Waals surface area (Å²) in [5.74, 6) is 0.461. The van der Waals surface area contributed by atoms with E-state index < -0.39 is 0 Å². The Labute approximate surface area is 138 Å². The molecule has 1 heterocycles. The van der Waals surface area contributed by atoms with Gasteiger partial charge in [0.05, 0.1) is 21.1 Å². The first-order chi connectivity index (χ1) is 9.97. The van der Waals surface area contributed by atoms with Crippen molar-refractivity contribution in [3.63, 3.8) is 0 Å². The van der Waals surface area contributed by atoms with Crippen LogP contribution in [0.4, 0.5) is 0 Å². The monoisotopic (exact) mass is 336 g/mol. The molecule has 0 radical (unpaired) electrons. The normalized spacial score (nSPS) is 11.5. The molecule has 0 aliphatic heterocycles. The van der Waals surface area contributed by atoms with E-state index in [9.17, 15) is 0 Å². The summed E-state index contributed by atoms with van der Waals surface area (Å²) in [6.07, 6.45) is 0. The summed E-state index contributed by atoms with van der Waals surface area (Å²) < 4.78 is 2.61. The van der Waals surface area contributed by atoms with Crippen molar-refractivity contribution >= 4 is 46.5 Å². The van der Waals surface area contributed by atoms with E-state index in [1.165, 1.54) is 5.56 Å². The van der Waals surface area contributed by atoms with Gasteiger partial charge >= 0.3 is 0 Å². The average molecular weight is 337 g/mol. The second-order valence-electron chi connectivity index (χ2n) is 5.30. The highest BCUT2D eigenvalue weighted by Gasteiger charge is 2.10. The molecule has 3 rings (SSSR count). The Morgan fingerprint density at radius 1 is 1.10 bits per heavy atom. The highest BCUT2D eigenvalue weighted by atomic mass is 35.5. The van der Waals surface area contributed by atoms with E-state index in [1.54, 1.807) is 6.07 Å². The van der Waals surface area contributed by atoms with Gasteiger partial charge in [-0.2, -0.15) is 0 Å². The Hall–Kier alpha value is -1.29. The Bertz CT molecular complexity index is 878. The van der Waals surface area contributed by atoms with Crippen molar-refractivity contribution in [3.05, 3.63) is 56.8 Å². The molecule has 0 saturated heterocycles. The average Bonchev–Trinajstić information content (AvgIpc) is 2.74. The van der Waals surface area contributed by atoms with E-state index in [4.69, 9.17) is 35.4 Å². The number of rotatable bonds is 2. The Morgan fingerprint density at radius 3 is 2.52 bits per heavy atom. The van der Waals surface area contributed by atoms with E-state index in [2.05, 4.69) is 31.0 Å². The third kappa shape index (κ3) is 2.61. The molecule has 0 atom stereocenters. The van der Waals surface area contributed by atoms with E-state index in [1.807, 2.05) is 22.8 Å². The summed E-state index contributed by atoms with van der Waals surface area (Å²) in [6, 6.07) is 12.0. The minimum atomic E-state index is 0.461. The Morgan fingerprint density at radius 2 is 1.81 bits per heavy atom. The first kappa shape index (κ1) is 14.6. The number of halogens is 2. The third-order valence-corrected chi connectivity index (χ3v) is 4.53. The number of fused-ring (bicyclic) bond motifs is 1. The number of nitrogens with one attached hydrogen (secondary N) is 1. The molecule has 3 aromatic rings. The van der Waals surface area contributed by atoms with Gasteiger partial charge in [0.2, 0.25) is 0 Å². The fraction of sp³-hybridized carbons (Fsp3) is 0.188. The van der Waals surface area contributed by atoms with Crippen molar-refractivity contribution < 1.29 is 0 Å². The number of hydrogen-bond donors (Lipinski definition) is 1. The summed E-state index contributed by atoms with van der Waals surface area (Å²) in [5, 5.41) is 1.04. The van der Waals surface area contributed by atoms with Crippen LogP contribution in [0.5, 0.6) is 0 Å². The molecular formula is C16H14Cl2N2S. The lowest BCUT2D eigenvalue weighted by atomic mass is 10.0. The molecule has 0 aliphatic carbocycles. The first-order valence-corrected chi connectivity index (χ1v) is 7.84. The van der Waals surface area contributed by atoms with Gasteiger partial charge in [-0.3, -0.25) is 4.57 Å². The number of hydrogen-bond acceptors (Lipinski definition) is 1. The second-order valence-corrected chi connectivity index (χ2v) is 6.50. The lowest BCUT2D eigenvalue weighted by Crippen LogP contribution is -1.96. The number of nitrogens with zero attached hydrogens (tertiary/aromatic N) is 1. The zero-order valence-electron chi connectivity index (χ0n) is 11.7. The molecule has 2 aromatic carbocycles. The summed E-state index contributed by atoms with van der Waals surface area (Å²) in [6.45, 7) is 4.34. The molecule has 1 aromatic heterocycles. The highest BCUT2D eigenvalue weighted by Crippen LogP contribution is 2.29. The fourth-order valence-corrected chi connectivity index (χ4v) is 3.02.